The molecule has 0 radical (unpaired) electrons. The second-order valence-electron chi connectivity index (χ2n) is 4.21. The predicted octanol–water partition coefficient (Wildman–Crippen LogP) is 1.56. The number of nitrogens with one attached hydrogen (secondary N) is 1. The van der Waals surface area contributed by atoms with E-state index in [1.54, 1.807) is 0 Å². The zero-order chi connectivity index (χ0) is 11.4. The van der Waals surface area contributed by atoms with E-state index in [0.29, 0.717) is 24.5 Å². The molecule has 1 saturated carbocycles. The molecule has 1 aromatic rings. The van der Waals surface area contributed by atoms with Crippen LogP contribution in [-0.2, 0) is 6.54 Å². The molecule has 1 fully saturated rings. The zero-order valence-corrected chi connectivity index (χ0v) is 10.1. The summed E-state index contributed by atoms with van der Waals surface area (Å²) in [5, 5.41) is 11.5. The Morgan fingerprint density at radius 1 is 1.38 bits per heavy atom. The van der Waals surface area contributed by atoms with Crippen molar-refractivity contribution < 1.29 is 4.42 Å². The van der Waals surface area contributed by atoms with Gasteiger partial charge >= 0.3 is 6.01 Å². The smallest absolute Gasteiger partial charge is 0.318 e. The van der Waals surface area contributed by atoms with Gasteiger partial charge in [0, 0.05) is 19.1 Å². The summed E-state index contributed by atoms with van der Waals surface area (Å²) in [6.45, 7) is 6.82. The highest BCUT2D eigenvalue weighted by molar-refractivity contribution is 5.23. The highest BCUT2D eigenvalue weighted by Gasteiger charge is 2.21. The number of aromatic nitrogens is 2. The lowest BCUT2D eigenvalue weighted by Gasteiger charge is -2.15. The van der Waals surface area contributed by atoms with Gasteiger partial charge in [-0.1, -0.05) is 12.0 Å². The topological polar surface area (TPSA) is 54.2 Å². The van der Waals surface area contributed by atoms with E-state index in [1.807, 2.05) is 0 Å². The van der Waals surface area contributed by atoms with Crippen LogP contribution in [0.15, 0.2) is 4.42 Å². The summed E-state index contributed by atoms with van der Waals surface area (Å²) in [6, 6.07) is 1.32. The molecule has 1 aromatic heterocycles. The Bertz CT molecular complexity index is 322. The molecule has 1 aliphatic rings. The maximum atomic E-state index is 5.61. The lowest BCUT2D eigenvalue weighted by Crippen LogP contribution is -2.23. The zero-order valence-electron chi connectivity index (χ0n) is 10.1. The van der Waals surface area contributed by atoms with E-state index in [9.17, 15) is 0 Å². The molecule has 0 spiro atoms. The second-order valence-corrected chi connectivity index (χ2v) is 4.21. The van der Waals surface area contributed by atoms with Crippen LogP contribution in [0.1, 0.15) is 39.0 Å². The summed E-state index contributed by atoms with van der Waals surface area (Å²) in [6.07, 6.45) is 3.64. The SMILES string of the molecule is CCCN(CC)c1nnc(CNC2CC2)o1. The first-order valence-corrected chi connectivity index (χ1v) is 6.14. The molecular formula is C11H20N4O. The Kier molecular flexibility index (Phi) is 3.77. The van der Waals surface area contributed by atoms with Crippen LogP contribution in [0.2, 0.25) is 0 Å². The van der Waals surface area contributed by atoms with Gasteiger partial charge in [0.15, 0.2) is 0 Å². The molecule has 1 aliphatic carbocycles. The molecule has 0 bridgehead atoms. The Hall–Kier alpha value is -1.10. The van der Waals surface area contributed by atoms with Crippen LogP contribution >= 0.6 is 0 Å². The summed E-state index contributed by atoms with van der Waals surface area (Å²) < 4.78 is 5.61. The average Bonchev–Trinajstić information content (AvgIpc) is 3.02. The van der Waals surface area contributed by atoms with Crippen molar-refractivity contribution in [1.82, 2.24) is 15.5 Å². The number of nitrogens with zero attached hydrogens (tertiary/aromatic N) is 3. The van der Waals surface area contributed by atoms with Crippen molar-refractivity contribution in [2.24, 2.45) is 0 Å². The van der Waals surface area contributed by atoms with Crippen molar-refractivity contribution >= 4 is 6.01 Å². The lowest BCUT2D eigenvalue weighted by molar-refractivity contribution is 0.460. The van der Waals surface area contributed by atoms with Crippen molar-refractivity contribution in [3.05, 3.63) is 5.89 Å². The van der Waals surface area contributed by atoms with Crippen LogP contribution in [0.4, 0.5) is 6.01 Å². The Morgan fingerprint density at radius 3 is 2.81 bits per heavy atom. The third-order valence-electron chi connectivity index (χ3n) is 2.72. The molecule has 0 aliphatic heterocycles. The van der Waals surface area contributed by atoms with Crippen molar-refractivity contribution in [2.75, 3.05) is 18.0 Å². The van der Waals surface area contributed by atoms with Gasteiger partial charge in [0.25, 0.3) is 0 Å². The standard InChI is InChI=1S/C11H20N4O/c1-3-7-15(4-2)11-14-13-10(16-11)8-12-9-5-6-9/h9,12H,3-8H2,1-2H3. The molecular weight excluding hydrogens is 204 g/mol. The van der Waals surface area contributed by atoms with Gasteiger partial charge in [-0.15, -0.1) is 5.10 Å². The first-order valence-electron chi connectivity index (χ1n) is 6.14. The van der Waals surface area contributed by atoms with Gasteiger partial charge in [0.05, 0.1) is 6.54 Å². The minimum atomic E-state index is 0.650. The summed E-state index contributed by atoms with van der Waals surface area (Å²) in [5.74, 6) is 0.691. The molecule has 5 heteroatoms. The molecule has 0 atom stereocenters. The van der Waals surface area contributed by atoms with E-state index >= 15 is 0 Å². The minimum Gasteiger partial charge on any atom is -0.407 e. The van der Waals surface area contributed by atoms with Crippen molar-refractivity contribution in [2.45, 2.75) is 45.7 Å². The first kappa shape index (κ1) is 11.4. The van der Waals surface area contributed by atoms with E-state index in [-0.39, 0.29) is 0 Å². The highest BCUT2D eigenvalue weighted by atomic mass is 16.4. The minimum absolute atomic E-state index is 0.650. The molecule has 0 saturated heterocycles. The van der Waals surface area contributed by atoms with E-state index in [2.05, 4.69) is 34.3 Å². The number of rotatable bonds is 7. The molecule has 16 heavy (non-hydrogen) atoms. The maximum Gasteiger partial charge on any atom is 0.318 e. The monoisotopic (exact) mass is 224 g/mol. The molecule has 2 rings (SSSR count). The van der Waals surface area contributed by atoms with Gasteiger partial charge in [-0.05, 0) is 26.2 Å². The van der Waals surface area contributed by atoms with E-state index in [1.165, 1.54) is 12.8 Å². The van der Waals surface area contributed by atoms with Crippen molar-refractivity contribution in [3.63, 3.8) is 0 Å². The van der Waals surface area contributed by atoms with Crippen LogP contribution in [0, 0.1) is 0 Å². The summed E-state index contributed by atoms with van der Waals surface area (Å²) in [7, 11) is 0. The van der Waals surface area contributed by atoms with Crippen LogP contribution in [-0.4, -0.2) is 29.3 Å². The van der Waals surface area contributed by atoms with E-state index in [4.69, 9.17) is 4.42 Å². The normalized spacial score (nSPS) is 15.4. The van der Waals surface area contributed by atoms with Gasteiger partial charge < -0.3 is 14.6 Å². The molecule has 90 valence electrons. The van der Waals surface area contributed by atoms with Gasteiger partial charge in [-0.25, -0.2) is 0 Å². The largest absolute Gasteiger partial charge is 0.407 e. The molecule has 0 aromatic carbocycles. The predicted molar refractivity (Wildman–Crippen MR) is 62.3 cm³/mol. The van der Waals surface area contributed by atoms with Gasteiger partial charge in [0.2, 0.25) is 5.89 Å². The van der Waals surface area contributed by atoms with Crippen LogP contribution < -0.4 is 10.2 Å². The summed E-state index contributed by atoms with van der Waals surface area (Å²) in [4.78, 5) is 2.10. The molecule has 5 nitrogen and oxygen atoms in total. The first-order chi connectivity index (χ1) is 7.83. The molecule has 0 amide bonds. The van der Waals surface area contributed by atoms with Gasteiger partial charge in [-0.3, -0.25) is 0 Å². The molecule has 0 unspecified atom stereocenters. The van der Waals surface area contributed by atoms with Crippen molar-refractivity contribution in [1.29, 1.82) is 0 Å². The third-order valence-corrected chi connectivity index (χ3v) is 2.72. The fourth-order valence-corrected chi connectivity index (χ4v) is 1.62. The van der Waals surface area contributed by atoms with Gasteiger partial charge in [-0.2, -0.15) is 0 Å². The second kappa shape index (κ2) is 5.30. The van der Waals surface area contributed by atoms with Crippen LogP contribution in [0.5, 0.6) is 0 Å². The van der Waals surface area contributed by atoms with E-state index in [0.717, 1.165) is 19.5 Å². The average molecular weight is 224 g/mol. The Balaban J connectivity index is 1.88. The third kappa shape index (κ3) is 2.95. The fraction of sp³-hybridized carbons (Fsp3) is 0.818. The van der Waals surface area contributed by atoms with E-state index < -0.39 is 0 Å². The Morgan fingerprint density at radius 2 is 2.19 bits per heavy atom. The van der Waals surface area contributed by atoms with Crippen LogP contribution in [0.3, 0.4) is 0 Å². The highest BCUT2D eigenvalue weighted by Crippen LogP contribution is 2.19. The fourth-order valence-electron chi connectivity index (χ4n) is 1.62. The lowest BCUT2D eigenvalue weighted by atomic mass is 10.4. The van der Waals surface area contributed by atoms with Gasteiger partial charge in [0.1, 0.15) is 0 Å². The van der Waals surface area contributed by atoms with Crippen LogP contribution in [0.25, 0.3) is 0 Å². The number of hydrogen-bond acceptors (Lipinski definition) is 5. The summed E-state index contributed by atoms with van der Waals surface area (Å²) >= 11 is 0. The number of hydrogen-bond donors (Lipinski definition) is 1. The number of anilines is 1. The Labute approximate surface area is 96.2 Å². The quantitative estimate of drug-likeness (QED) is 0.761. The maximum absolute atomic E-state index is 5.61. The molecule has 1 heterocycles. The summed E-state index contributed by atoms with van der Waals surface area (Å²) in [5.41, 5.74) is 0. The molecule has 1 N–H and O–H groups in total. The van der Waals surface area contributed by atoms with Crippen molar-refractivity contribution in [3.8, 4) is 0 Å².